The lowest BCUT2D eigenvalue weighted by Gasteiger charge is -2.33. The molecule has 1 aliphatic carbocycles. The van der Waals surface area contributed by atoms with Gasteiger partial charge in [-0.2, -0.15) is 18.3 Å². The van der Waals surface area contributed by atoms with Crippen LogP contribution >= 0.6 is 0 Å². The van der Waals surface area contributed by atoms with Crippen LogP contribution in [0.1, 0.15) is 60.9 Å². The van der Waals surface area contributed by atoms with E-state index in [9.17, 15) is 18.0 Å². The molecular weight excluding hydrogens is 509 g/mol. The van der Waals surface area contributed by atoms with Gasteiger partial charge in [0.05, 0.1) is 23.8 Å². The van der Waals surface area contributed by atoms with Gasteiger partial charge in [0.2, 0.25) is 5.91 Å². The van der Waals surface area contributed by atoms with Crippen LogP contribution in [0, 0.1) is 5.92 Å². The van der Waals surface area contributed by atoms with Gasteiger partial charge in [-0.05, 0) is 43.4 Å². The Morgan fingerprint density at radius 3 is 2.67 bits per heavy atom. The molecule has 1 amide bonds. The van der Waals surface area contributed by atoms with Gasteiger partial charge in [0, 0.05) is 37.0 Å². The van der Waals surface area contributed by atoms with Gasteiger partial charge >= 0.3 is 6.18 Å². The number of fused-ring (bicyclic) bond motifs is 1. The minimum absolute atomic E-state index is 0.0321. The number of rotatable bonds is 6. The van der Waals surface area contributed by atoms with Crippen LogP contribution in [0.2, 0.25) is 0 Å². The van der Waals surface area contributed by atoms with Gasteiger partial charge < -0.3 is 9.88 Å². The summed E-state index contributed by atoms with van der Waals surface area (Å²) in [6.45, 7) is 2.81. The maximum Gasteiger partial charge on any atom is 0.433 e. The molecule has 4 aromatic rings. The summed E-state index contributed by atoms with van der Waals surface area (Å²) in [6, 6.07) is 8.34. The molecule has 4 heterocycles. The average molecular weight is 539 g/mol. The molecule has 9 nitrogen and oxygen atoms in total. The third kappa shape index (κ3) is 4.66. The second kappa shape index (κ2) is 9.74. The van der Waals surface area contributed by atoms with E-state index in [2.05, 4.69) is 30.7 Å². The number of amides is 1. The number of aromatic amines is 1. The number of hydrogen-bond acceptors (Lipinski definition) is 6. The van der Waals surface area contributed by atoms with Crippen molar-refractivity contribution in [3.63, 3.8) is 0 Å². The first-order chi connectivity index (χ1) is 18.7. The third-order valence-electron chi connectivity index (χ3n) is 8.05. The van der Waals surface area contributed by atoms with Crippen LogP contribution in [-0.2, 0) is 18.0 Å². The molecule has 2 aliphatic rings. The van der Waals surface area contributed by atoms with Crippen molar-refractivity contribution < 1.29 is 18.0 Å². The Balaban J connectivity index is 1.45. The van der Waals surface area contributed by atoms with Gasteiger partial charge in [0.1, 0.15) is 23.5 Å². The zero-order chi connectivity index (χ0) is 27.3. The lowest BCUT2D eigenvalue weighted by atomic mass is 9.72. The number of aryl methyl sites for hydroxylation is 1. The van der Waals surface area contributed by atoms with Crippen molar-refractivity contribution in [2.24, 2.45) is 13.0 Å². The van der Waals surface area contributed by atoms with E-state index >= 15 is 0 Å². The highest BCUT2D eigenvalue weighted by Crippen LogP contribution is 2.44. The fraction of sp³-hybridized carbons (Fsp3) is 0.444. The van der Waals surface area contributed by atoms with Gasteiger partial charge in [-0.15, -0.1) is 10.2 Å². The number of alkyl halides is 3. The quantitative estimate of drug-likeness (QED) is 0.381. The maximum absolute atomic E-state index is 14.0. The van der Waals surface area contributed by atoms with Gasteiger partial charge in [-0.1, -0.05) is 24.6 Å². The molecular formula is C27H29F3N8O. The lowest BCUT2D eigenvalue weighted by Crippen LogP contribution is -2.48. The number of aromatic nitrogens is 6. The molecule has 0 unspecified atom stereocenters. The van der Waals surface area contributed by atoms with Crippen molar-refractivity contribution in [2.75, 3.05) is 19.6 Å². The number of carbonyl (C=O) groups excluding carboxylic acids is 1. The molecule has 3 aromatic heterocycles. The number of nitrogens with zero attached hydrogens (tertiary/aromatic N) is 6. The van der Waals surface area contributed by atoms with Crippen LogP contribution < -0.4 is 5.32 Å². The Bertz CT molecular complexity index is 1520. The second-order valence-electron chi connectivity index (χ2n) is 10.5. The summed E-state index contributed by atoms with van der Waals surface area (Å²) in [7, 11) is 1.92. The fourth-order valence-electron chi connectivity index (χ4n) is 5.73. The molecule has 6 rings (SSSR count). The molecule has 0 spiro atoms. The van der Waals surface area contributed by atoms with Gasteiger partial charge in [-0.25, -0.2) is 4.98 Å². The van der Waals surface area contributed by atoms with Crippen LogP contribution in [0.3, 0.4) is 0 Å². The molecule has 1 saturated carbocycles. The Kier molecular flexibility index (Phi) is 6.37. The Hall–Kier alpha value is -3.80. The average Bonchev–Trinajstić information content (AvgIpc) is 3.50. The number of nitrogens with one attached hydrogen (secondary N) is 2. The van der Waals surface area contributed by atoms with E-state index < -0.39 is 17.9 Å². The van der Waals surface area contributed by atoms with E-state index in [1.165, 1.54) is 0 Å². The standard InChI is InChI=1S/C27H29F3N8O/c1-15(38-10-9-31-21(39)13-38)23-25-19(12-20(33-23)27(28,29)30)24(34-35-25)18-8-4-7-17(11-18)22(16-5-3-6-16)26-36-32-14-37(26)2/h4,7-8,11-12,14-16,22H,3,5-6,9-10,13H2,1-2H3,(H,31,39)(H,34,35)/t15-,22+/m0/s1. The molecule has 0 radical (unpaired) electrons. The highest BCUT2D eigenvalue weighted by atomic mass is 19.4. The molecule has 204 valence electrons. The number of H-pyrrole nitrogens is 1. The monoisotopic (exact) mass is 538 g/mol. The van der Waals surface area contributed by atoms with Gasteiger partial charge in [-0.3, -0.25) is 14.8 Å². The van der Waals surface area contributed by atoms with E-state index in [4.69, 9.17) is 0 Å². The van der Waals surface area contributed by atoms with Gasteiger partial charge in [0.15, 0.2) is 0 Å². The zero-order valence-electron chi connectivity index (χ0n) is 21.7. The Morgan fingerprint density at radius 2 is 2.00 bits per heavy atom. The molecule has 2 fully saturated rings. The van der Waals surface area contributed by atoms with Crippen molar-refractivity contribution in [3.8, 4) is 11.3 Å². The Labute approximate surface area is 222 Å². The van der Waals surface area contributed by atoms with E-state index in [-0.39, 0.29) is 24.1 Å². The summed E-state index contributed by atoms with van der Waals surface area (Å²) in [5.74, 6) is 1.16. The summed E-state index contributed by atoms with van der Waals surface area (Å²) in [5.41, 5.74) is 1.84. The van der Waals surface area contributed by atoms with Crippen LogP contribution in [0.4, 0.5) is 13.2 Å². The topological polar surface area (TPSA) is 105 Å². The smallest absolute Gasteiger partial charge is 0.354 e. The van der Waals surface area contributed by atoms with E-state index in [1.807, 2.05) is 40.8 Å². The number of pyridine rings is 1. The van der Waals surface area contributed by atoms with Gasteiger partial charge in [0.25, 0.3) is 0 Å². The highest BCUT2D eigenvalue weighted by Gasteiger charge is 2.36. The number of piperazine rings is 1. The number of benzene rings is 1. The summed E-state index contributed by atoms with van der Waals surface area (Å²) in [4.78, 5) is 17.8. The first-order valence-electron chi connectivity index (χ1n) is 13.1. The minimum atomic E-state index is -4.64. The largest absolute Gasteiger partial charge is 0.433 e. The van der Waals surface area contributed by atoms with Crippen LogP contribution in [0.5, 0.6) is 0 Å². The molecule has 2 N–H and O–H groups in total. The SMILES string of the molecule is C[C@@H](c1nc(C(F)(F)F)cc2c(-c3cccc([C@H](c4nncn4C)C4CCC4)c3)n[nH]c12)N1CCNC(=O)C1. The predicted molar refractivity (Wildman–Crippen MR) is 138 cm³/mol. The first kappa shape index (κ1) is 25.5. The second-order valence-corrected chi connectivity index (χ2v) is 10.5. The molecule has 1 aliphatic heterocycles. The van der Waals surface area contributed by atoms with Crippen LogP contribution in [0.15, 0.2) is 36.7 Å². The highest BCUT2D eigenvalue weighted by molar-refractivity contribution is 5.94. The summed E-state index contributed by atoms with van der Waals surface area (Å²) < 4.78 is 44.0. The van der Waals surface area contributed by atoms with Crippen LogP contribution in [0.25, 0.3) is 22.2 Å². The molecule has 2 atom stereocenters. The molecule has 1 aromatic carbocycles. The fourth-order valence-corrected chi connectivity index (χ4v) is 5.73. The predicted octanol–water partition coefficient (Wildman–Crippen LogP) is 4.20. The van der Waals surface area contributed by atoms with E-state index in [0.717, 1.165) is 36.7 Å². The maximum atomic E-state index is 14.0. The Morgan fingerprint density at radius 1 is 1.18 bits per heavy atom. The lowest BCUT2D eigenvalue weighted by molar-refractivity contribution is -0.141. The van der Waals surface area contributed by atoms with Crippen molar-refractivity contribution in [3.05, 3.63) is 59.4 Å². The first-order valence-corrected chi connectivity index (χ1v) is 13.1. The van der Waals surface area contributed by atoms with Crippen molar-refractivity contribution in [1.82, 2.24) is 40.2 Å². The third-order valence-corrected chi connectivity index (χ3v) is 8.05. The number of hydrogen-bond donors (Lipinski definition) is 2. The number of carbonyl (C=O) groups is 1. The van der Waals surface area contributed by atoms with Crippen molar-refractivity contribution >= 4 is 16.8 Å². The van der Waals surface area contributed by atoms with Crippen molar-refractivity contribution in [2.45, 2.75) is 44.3 Å². The summed E-state index contributed by atoms with van der Waals surface area (Å²) in [5, 5.41) is 19.0. The van der Waals surface area contributed by atoms with E-state index in [0.29, 0.717) is 41.2 Å². The zero-order valence-corrected chi connectivity index (χ0v) is 21.7. The van der Waals surface area contributed by atoms with E-state index in [1.54, 1.807) is 13.3 Å². The molecule has 0 bridgehead atoms. The molecule has 1 saturated heterocycles. The number of halogens is 3. The normalized spacial score (nSPS) is 18.6. The molecule has 39 heavy (non-hydrogen) atoms. The summed E-state index contributed by atoms with van der Waals surface area (Å²) >= 11 is 0. The van der Waals surface area contributed by atoms with Crippen molar-refractivity contribution in [1.29, 1.82) is 0 Å². The molecule has 12 heteroatoms. The summed E-state index contributed by atoms with van der Waals surface area (Å²) in [6.07, 6.45) is 0.383. The minimum Gasteiger partial charge on any atom is -0.354 e. The van der Waals surface area contributed by atoms with Crippen LogP contribution in [-0.4, -0.2) is 60.4 Å².